The van der Waals surface area contributed by atoms with Crippen LogP contribution >= 0.6 is 11.3 Å². The number of thiophene rings is 1. The van der Waals surface area contributed by atoms with E-state index >= 15 is 0 Å². The number of hydrogen-bond donors (Lipinski definition) is 2. The van der Waals surface area contributed by atoms with Gasteiger partial charge in [-0.2, -0.15) is 0 Å². The molecule has 2 heterocycles. The summed E-state index contributed by atoms with van der Waals surface area (Å²) in [6.07, 6.45) is 0.448. The van der Waals surface area contributed by atoms with Crippen LogP contribution in [0.15, 0.2) is 71.0 Å². The van der Waals surface area contributed by atoms with Crippen molar-refractivity contribution >= 4 is 17.0 Å². The smallest absolute Gasteiger partial charge is 0.135 e. The summed E-state index contributed by atoms with van der Waals surface area (Å²) in [5.74, 6) is -0.0186. The van der Waals surface area contributed by atoms with Crippen molar-refractivity contribution in [2.24, 2.45) is 4.99 Å². The maximum atomic E-state index is 13.3. The number of benzene rings is 2. The Bertz CT molecular complexity index is 890. The monoisotopic (exact) mass is 352 g/mol. The van der Waals surface area contributed by atoms with E-state index in [-0.39, 0.29) is 23.8 Å². The van der Waals surface area contributed by atoms with Crippen LogP contribution in [0.2, 0.25) is 0 Å². The molecule has 0 aliphatic carbocycles. The highest BCUT2D eigenvalue weighted by atomic mass is 32.1. The number of nitrogens with zero attached hydrogens (tertiary/aromatic N) is 1. The third-order valence-corrected chi connectivity index (χ3v) is 5.27. The normalized spacial score (nSPS) is 20.3. The lowest BCUT2D eigenvalue weighted by Gasteiger charge is -2.30. The SMILES string of the molecule is Oc1ccccc1C1=N[C@@H](c2cccs2)N[C@H](c2ccc(F)cc2)C1. The van der Waals surface area contributed by atoms with Gasteiger partial charge in [0.25, 0.3) is 0 Å². The van der Waals surface area contributed by atoms with Gasteiger partial charge < -0.3 is 5.11 Å². The van der Waals surface area contributed by atoms with Crippen molar-refractivity contribution in [1.29, 1.82) is 0 Å². The third-order valence-electron chi connectivity index (χ3n) is 4.34. The minimum absolute atomic E-state index is 0.000180. The van der Waals surface area contributed by atoms with Crippen LogP contribution in [0.5, 0.6) is 5.75 Å². The van der Waals surface area contributed by atoms with Crippen LogP contribution in [0.3, 0.4) is 0 Å². The van der Waals surface area contributed by atoms with E-state index in [2.05, 4.69) is 5.32 Å². The van der Waals surface area contributed by atoms with Gasteiger partial charge in [-0.1, -0.05) is 30.3 Å². The Kier molecular flexibility index (Phi) is 4.34. The van der Waals surface area contributed by atoms with E-state index in [9.17, 15) is 9.50 Å². The molecule has 0 fully saturated rings. The maximum absolute atomic E-state index is 13.3. The highest BCUT2D eigenvalue weighted by molar-refractivity contribution is 7.10. The van der Waals surface area contributed by atoms with Gasteiger partial charge >= 0.3 is 0 Å². The second kappa shape index (κ2) is 6.78. The van der Waals surface area contributed by atoms with Gasteiger partial charge in [0.2, 0.25) is 0 Å². The molecule has 3 nitrogen and oxygen atoms in total. The summed E-state index contributed by atoms with van der Waals surface area (Å²) in [6.45, 7) is 0. The first kappa shape index (κ1) is 16.0. The first-order valence-electron chi connectivity index (χ1n) is 8.10. The van der Waals surface area contributed by atoms with Crippen LogP contribution in [0.1, 0.15) is 34.6 Å². The van der Waals surface area contributed by atoms with E-state index in [1.54, 1.807) is 35.6 Å². The lowest BCUT2D eigenvalue weighted by molar-refractivity contribution is 0.443. The molecule has 0 unspecified atom stereocenters. The van der Waals surface area contributed by atoms with E-state index in [1.165, 1.54) is 12.1 Å². The van der Waals surface area contributed by atoms with Gasteiger partial charge in [0.1, 0.15) is 17.7 Å². The number of aromatic hydroxyl groups is 1. The zero-order valence-electron chi connectivity index (χ0n) is 13.4. The number of hydrogen-bond acceptors (Lipinski definition) is 4. The van der Waals surface area contributed by atoms with Crippen molar-refractivity contribution < 1.29 is 9.50 Å². The van der Waals surface area contributed by atoms with Gasteiger partial charge in [0.05, 0.1) is 5.71 Å². The highest BCUT2D eigenvalue weighted by Crippen LogP contribution is 2.33. The van der Waals surface area contributed by atoms with Crippen molar-refractivity contribution in [3.05, 3.63) is 87.9 Å². The molecule has 2 aromatic carbocycles. The van der Waals surface area contributed by atoms with E-state index in [0.29, 0.717) is 6.42 Å². The van der Waals surface area contributed by atoms with Crippen LogP contribution in [-0.2, 0) is 0 Å². The molecule has 0 saturated heterocycles. The number of phenols is 1. The average Bonchev–Trinajstić information content (AvgIpc) is 3.17. The Morgan fingerprint density at radius 3 is 2.56 bits per heavy atom. The van der Waals surface area contributed by atoms with E-state index in [4.69, 9.17) is 4.99 Å². The molecule has 5 heteroatoms. The van der Waals surface area contributed by atoms with Gasteiger partial charge in [-0.3, -0.25) is 10.3 Å². The minimum atomic E-state index is -0.246. The molecule has 25 heavy (non-hydrogen) atoms. The van der Waals surface area contributed by atoms with E-state index < -0.39 is 0 Å². The van der Waals surface area contributed by atoms with Gasteiger partial charge in [-0.15, -0.1) is 11.3 Å². The summed E-state index contributed by atoms with van der Waals surface area (Å²) in [5.41, 5.74) is 2.60. The van der Waals surface area contributed by atoms with Crippen LogP contribution in [-0.4, -0.2) is 10.8 Å². The third kappa shape index (κ3) is 3.34. The van der Waals surface area contributed by atoms with Crippen molar-refractivity contribution in [2.45, 2.75) is 18.6 Å². The van der Waals surface area contributed by atoms with Crippen molar-refractivity contribution in [2.75, 3.05) is 0 Å². The molecule has 0 radical (unpaired) electrons. The van der Waals surface area contributed by atoms with Crippen LogP contribution in [0.25, 0.3) is 0 Å². The molecule has 1 aliphatic rings. The fraction of sp³-hybridized carbons (Fsp3) is 0.150. The molecule has 2 atom stereocenters. The Morgan fingerprint density at radius 1 is 1.04 bits per heavy atom. The van der Waals surface area contributed by atoms with Gasteiger partial charge in [-0.25, -0.2) is 4.39 Å². The van der Waals surface area contributed by atoms with Crippen LogP contribution < -0.4 is 5.32 Å². The quantitative estimate of drug-likeness (QED) is 0.710. The van der Waals surface area contributed by atoms with Crippen LogP contribution in [0.4, 0.5) is 4.39 Å². The molecule has 1 aliphatic heterocycles. The van der Waals surface area contributed by atoms with Crippen molar-refractivity contribution in [3.63, 3.8) is 0 Å². The van der Waals surface area contributed by atoms with E-state index in [0.717, 1.165) is 21.7 Å². The standard InChI is InChI=1S/C20H17FN2OS/c21-14-9-7-13(8-10-14)16-12-17(15-4-1-2-5-18(15)24)23-20(22-16)19-6-3-11-25-19/h1-11,16,20,22,24H,12H2/t16-,20-/m0/s1. The zero-order chi connectivity index (χ0) is 17.2. The number of aliphatic imine (C=N–C) groups is 1. The average molecular weight is 352 g/mol. The highest BCUT2D eigenvalue weighted by Gasteiger charge is 2.27. The number of nitrogens with one attached hydrogen (secondary N) is 1. The Labute approximate surface area is 149 Å². The molecule has 0 saturated carbocycles. The summed E-state index contributed by atoms with van der Waals surface area (Å²) in [4.78, 5) is 5.94. The Balaban J connectivity index is 1.74. The van der Waals surface area contributed by atoms with Gasteiger partial charge in [0.15, 0.2) is 0 Å². The van der Waals surface area contributed by atoms with E-state index in [1.807, 2.05) is 29.6 Å². The maximum Gasteiger partial charge on any atom is 0.135 e. The first-order chi connectivity index (χ1) is 12.2. The molecule has 0 spiro atoms. The molecule has 126 valence electrons. The fourth-order valence-electron chi connectivity index (χ4n) is 3.09. The summed E-state index contributed by atoms with van der Waals surface area (Å²) in [6, 6.07) is 17.8. The number of halogens is 1. The largest absolute Gasteiger partial charge is 0.507 e. The first-order valence-corrected chi connectivity index (χ1v) is 8.98. The Hall–Kier alpha value is -2.50. The van der Waals surface area contributed by atoms with Crippen LogP contribution in [0, 0.1) is 5.82 Å². The predicted octanol–water partition coefficient (Wildman–Crippen LogP) is 4.82. The molecule has 0 bridgehead atoms. The summed E-state index contributed by atoms with van der Waals surface area (Å²) in [7, 11) is 0. The molecule has 0 amide bonds. The zero-order valence-corrected chi connectivity index (χ0v) is 14.2. The Morgan fingerprint density at radius 2 is 1.84 bits per heavy atom. The lowest BCUT2D eigenvalue weighted by atomic mass is 9.94. The second-order valence-electron chi connectivity index (χ2n) is 5.99. The van der Waals surface area contributed by atoms with Gasteiger partial charge in [0, 0.05) is 22.9 Å². The molecule has 2 N–H and O–H groups in total. The molecule has 4 rings (SSSR count). The fourth-order valence-corrected chi connectivity index (χ4v) is 3.81. The van der Waals surface area contributed by atoms with Gasteiger partial charge in [-0.05, 0) is 41.3 Å². The lowest BCUT2D eigenvalue weighted by Crippen LogP contribution is -2.32. The number of para-hydroxylation sites is 1. The predicted molar refractivity (Wildman–Crippen MR) is 98.6 cm³/mol. The minimum Gasteiger partial charge on any atom is -0.507 e. The molecular formula is C20H17FN2OS. The summed E-state index contributed by atoms with van der Waals surface area (Å²) >= 11 is 1.64. The molecular weight excluding hydrogens is 335 g/mol. The molecule has 3 aromatic rings. The summed E-state index contributed by atoms with van der Waals surface area (Å²) < 4.78 is 13.3. The van der Waals surface area contributed by atoms with Crippen molar-refractivity contribution in [1.82, 2.24) is 5.32 Å². The van der Waals surface area contributed by atoms with Crippen molar-refractivity contribution in [3.8, 4) is 5.75 Å². The molecule has 1 aromatic heterocycles. The number of phenolic OH excluding ortho intramolecular Hbond substituents is 1. The summed E-state index contributed by atoms with van der Waals surface area (Å²) in [5, 5.41) is 15.8. The number of rotatable bonds is 3. The topological polar surface area (TPSA) is 44.6 Å². The second-order valence-corrected chi connectivity index (χ2v) is 6.97.